The normalized spacial score (nSPS) is 11.6. The molecule has 1 atom stereocenters. The van der Waals surface area contributed by atoms with Gasteiger partial charge in [0.05, 0.1) is 4.90 Å². The summed E-state index contributed by atoms with van der Waals surface area (Å²) in [4.78, 5) is 9.05. The number of pyridine rings is 1. The van der Waals surface area contributed by atoms with E-state index in [1.807, 2.05) is 60.8 Å². The summed E-state index contributed by atoms with van der Waals surface area (Å²) < 4.78 is 15.8. The molecular formula is C22H24N6O2S. The number of benzene rings is 2. The first kappa shape index (κ1) is 23.7. The molecule has 3 aromatic rings. The SMILES string of the molecule is N#CNC(=NCCCNS(=O)c1ccccc1-c1ccccc1)Nc1ccncc1.O. The van der Waals surface area contributed by atoms with Gasteiger partial charge in [0.15, 0.2) is 6.19 Å². The lowest BCUT2D eigenvalue weighted by atomic mass is 10.1. The molecule has 31 heavy (non-hydrogen) atoms. The molecule has 0 aliphatic carbocycles. The van der Waals surface area contributed by atoms with Crippen molar-refractivity contribution in [2.45, 2.75) is 11.3 Å². The molecule has 0 fully saturated rings. The number of nitriles is 1. The summed E-state index contributed by atoms with van der Waals surface area (Å²) in [5, 5.41) is 14.4. The van der Waals surface area contributed by atoms with Gasteiger partial charge < -0.3 is 10.8 Å². The van der Waals surface area contributed by atoms with Gasteiger partial charge in [0.2, 0.25) is 5.96 Å². The van der Waals surface area contributed by atoms with Crippen LogP contribution in [0.2, 0.25) is 0 Å². The number of aromatic nitrogens is 1. The average molecular weight is 437 g/mol. The molecule has 1 heterocycles. The molecule has 0 bridgehead atoms. The average Bonchev–Trinajstić information content (AvgIpc) is 2.80. The number of aliphatic imine (C=N–C) groups is 1. The molecule has 0 spiro atoms. The van der Waals surface area contributed by atoms with E-state index in [9.17, 15) is 4.21 Å². The largest absolute Gasteiger partial charge is 0.412 e. The zero-order valence-corrected chi connectivity index (χ0v) is 17.6. The van der Waals surface area contributed by atoms with E-state index >= 15 is 0 Å². The molecule has 0 aliphatic heterocycles. The van der Waals surface area contributed by atoms with Crippen molar-refractivity contribution in [3.63, 3.8) is 0 Å². The van der Waals surface area contributed by atoms with Gasteiger partial charge in [0.25, 0.3) is 0 Å². The second-order valence-corrected chi connectivity index (χ2v) is 7.47. The van der Waals surface area contributed by atoms with Gasteiger partial charge in [-0.3, -0.25) is 15.3 Å². The minimum Gasteiger partial charge on any atom is -0.412 e. The number of hydrogen-bond donors (Lipinski definition) is 3. The minimum atomic E-state index is -1.33. The zero-order chi connectivity index (χ0) is 21.0. The number of anilines is 1. The molecule has 0 radical (unpaired) electrons. The highest BCUT2D eigenvalue weighted by atomic mass is 32.2. The summed E-state index contributed by atoms with van der Waals surface area (Å²) in [5.74, 6) is 0.360. The second kappa shape index (κ2) is 12.9. The smallest absolute Gasteiger partial charge is 0.209 e. The first-order valence-electron chi connectivity index (χ1n) is 9.44. The molecule has 1 aromatic heterocycles. The Labute approximate surface area is 184 Å². The van der Waals surface area contributed by atoms with E-state index in [-0.39, 0.29) is 5.48 Å². The highest BCUT2D eigenvalue weighted by Gasteiger charge is 2.10. The van der Waals surface area contributed by atoms with Crippen molar-refractivity contribution in [3.8, 4) is 17.3 Å². The van der Waals surface area contributed by atoms with Crippen LogP contribution >= 0.6 is 0 Å². The number of nitrogens with one attached hydrogen (secondary N) is 3. The maximum absolute atomic E-state index is 12.8. The number of guanidine groups is 1. The van der Waals surface area contributed by atoms with Gasteiger partial charge in [0, 0.05) is 31.2 Å². The van der Waals surface area contributed by atoms with E-state index in [1.165, 1.54) is 0 Å². The van der Waals surface area contributed by atoms with Crippen molar-refractivity contribution < 1.29 is 9.69 Å². The Balaban J connectivity index is 0.00000341. The summed E-state index contributed by atoms with van der Waals surface area (Å²) in [7, 11) is -1.33. The van der Waals surface area contributed by atoms with Crippen LogP contribution in [-0.4, -0.2) is 33.7 Å². The van der Waals surface area contributed by atoms with Crippen LogP contribution in [0.25, 0.3) is 11.1 Å². The molecule has 0 aliphatic rings. The lowest BCUT2D eigenvalue weighted by molar-refractivity contribution is 0.668. The predicted molar refractivity (Wildman–Crippen MR) is 123 cm³/mol. The standard InChI is InChI=1S/C22H22N6OS.H2O/c23-17-26-22(28-19-11-15-24-16-12-19)25-13-6-14-27-30(29)21-10-5-4-9-20(21)18-7-2-1-3-8-18;/h1-5,7-12,15-16,27H,6,13-14H2,(H2,24,25,26,28);1H2. The fourth-order valence-corrected chi connectivity index (χ4v) is 3.81. The maximum atomic E-state index is 12.8. The molecule has 0 saturated carbocycles. The van der Waals surface area contributed by atoms with Crippen molar-refractivity contribution in [3.05, 3.63) is 79.1 Å². The Morgan fingerprint density at radius 2 is 1.74 bits per heavy atom. The van der Waals surface area contributed by atoms with Crippen molar-refractivity contribution in [2.24, 2.45) is 4.99 Å². The Kier molecular flexibility index (Phi) is 9.84. The van der Waals surface area contributed by atoms with E-state index in [4.69, 9.17) is 5.26 Å². The van der Waals surface area contributed by atoms with E-state index in [1.54, 1.807) is 24.5 Å². The first-order valence-corrected chi connectivity index (χ1v) is 10.6. The molecule has 1 unspecified atom stereocenters. The molecule has 5 N–H and O–H groups in total. The van der Waals surface area contributed by atoms with Crippen LogP contribution in [0.15, 0.2) is 89.0 Å². The van der Waals surface area contributed by atoms with E-state index in [0.717, 1.165) is 21.7 Å². The third-order valence-electron chi connectivity index (χ3n) is 4.13. The number of nitrogens with zero attached hydrogens (tertiary/aromatic N) is 3. The summed E-state index contributed by atoms with van der Waals surface area (Å²) >= 11 is 0. The molecule has 160 valence electrons. The number of rotatable bonds is 8. The van der Waals surface area contributed by atoms with Crippen molar-refractivity contribution in [1.82, 2.24) is 15.0 Å². The van der Waals surface area contributed by atoms with Gasteiger partial charge in [-0.2, -0.15) is 5.26 Å². The zero-order valence-electron chi connectivity index (χ0n) is 16.8. The van der Waals surface area contributed by atoms with Crippen LogP contribution in [-0.2, 0) is 11.0 Å². The van der Waals surface area contributed by atoms with Crippen LogP contribution in [0.1, 0.15) is 6.42 Å². The van der Waals surface area contributed by atoms with Gasteiger partial charge in [-0.15, -0.1) is 0 Å². The third-order valence-corrected chi connectivity index (χ3v) is 5.35. The molecule has 0 saturated heterocycles. The molecule has 0 amide bonds. The molecule has 2 aromatic carbocycles. The van der Waals surface area contributed by atoms with Crippen LogP contribution in [0.5, 0.6) is 0 Å². The van der Waals surface area contributed by atoms with Crippen LogP contribution in [0.4, 0.5) is 5.69 Å². The van der Waals surface area contributed by atoms with Crippen LogP contribution < -0.4 is 15.4 Å². The Morgan fingerprint density at radius 1 is 1.03 bits per heavy atom. The monoisotopic (exact) mass is 436 g/mol. The van der Waals surface area contributed by atoms with Crippen LogP contribution in [0.3, 0.4) is 0 Å². The first-order chi connectivity index (χ1) is 14.8. The Hall–Kier alpha value is -3.58. The minimum absolute atomic E-state index is 0. The lowest BCUT2D eigenvalue weighted by Crippen LogP contribution is -2.27. The van der Waals surface area contributed by atoms with Gasteiger partial charge >= 0.3 is 0 Å². The van der Waals surface area contributed by atoms with Crippen molar-refractivity contribution >= 4 is 22.6 Å². The predicted octanol–water partition coefficient (Wildman–Crippen LogP) is 2.46. The highest BCUT2D eigenvalue weighted by molar-refractivity contribution is 7.83. The molecule has 8 nitrogen and oxygen atoms in total. The third kappa shape index (κ3) is 7.31. The summed E-state index contributed by atoms with van der Waals surface area (Å²) in [6.45, 7) is 0.987. The van der Waals surface area contributed by atoms with Gasteiger partial charge in [-0.05, 0) is 35.7 Å². The fourth-order valence-electron chi connectivity index (χ4n) is 2.73. The quantitative estimate of drug-likeness (QED) is 0.164. The van der Waals surface area contributed by atoms with Crippen molar-refractivity contribution in [1.29, 1.82) is 5.26 Å². The second-order valence-electron chi connectivity index (χ2n) is 6.21. The maximum Gasteiger partial charge on any atom is 0.209 e. The van der Waals surface area contributed by atoms with Crippen LogP contribution in [0, 0.1) is 11.5 Å². The van der Waals surface area contributed by atoms with Gasteiger partial charge in [0.1, 0.15) is 11.0 Å². The highest BCUT2D eigenvalue weighted by Crippen LogP contribution is 2.25. The molecule has 9 heteroatoms. The summed E-state index contributed by atoms with van der Waals surface area (Å²) in [5.41, 5.74) is 2.76. The van der Waals surface area contributed by atoms with E-state index in [2.05, 4.69) is 25.3 Å². The molecular weight excluding hydrogens is 412 g/mol. The van der Waals surface area contributed by atoms with Gasteiger partial charge in [-0.25, -0.2) is 8.93 Å². The van der Waals surface area contributed by atoms with E-state index < -0.39 is 11.0 Å². The van der Waals surface area contributed by atoms with Gasteiger partial charge in [-0.1, -0.05) is 48.5 Å². The lowest BCUT2D eigenvalue weighted by Gasteiger charge is -2.10. The molecule has 3 rings (SSSR count). The fraction of sp³-hybridized carbons (Fsp3) is 0.136. The summed E-state index contributed by atoms with van der Waals surface area (Å²) in [6.07, 6.45) is 5.83. The van der Waals surface area contributed by atoms with E-state index in [0.29, 0.717) is 25.5 Å². The Morgan fingerprint density at radius 3 is 2.48 bits per heavy atom. The topological polar surface area (TPSA) is 134 Å². The Bertz CT molecular complexity index is 1040. The summed E-state index contributed by atoms with van der Waals surface area (Å²) in [6, 6.07) is 21.1. The van der Waals surface area contributed by atoms with Crippen molar-refractivity contribution in [2.75, 3.05) is 18.4 Å². The number of hydrogen-bond acceptors (Lipinski definition) is 4.